The molecule has 0 radical (unpaired) electrons. The fourth-order valence-corrected chi connectivity index (χ4v) is 3.18. The first-order valence-electron chi connectivity index (χ1n) is 7.73. The average molecular weight is 336 g/mol. The minimum absolute atomic E-state index is 0.0948. The number of hydrogen-bond acceptors (Lipinski definition) is 5. The molecule has 6 heteroatoms. The van der Waals surface area contributed by atoms with Gasteiger partial charge in [0.05, 0.1) is 14.2 Å². The largest absolute Gasteiger partial charge is 0.493 e. The maximum atomic E-state index is 11.9. The zero-order valence-electron chi connectivity index (χ0n) is 13.7. The minimum Gasteiger partial charge on any atom is -0.493 e. The van der Waals surface area contributed by atoms with Crippen LogP contribution in [0.4, 0.5) is 0 Å². The normalized spacial score (nSPS) is 14.1. The van der Waals surface area contributed by atoms with Gasteiger partial charge >= 0.3 is 0 Å². The summed E-state index contributed by atoms with van der Waals surface area (Å²) in [6.45, 7) is 2.57. The molecular weight excluding hydrogens is 312 g/mol. The highest BCUT2D eigenvalue weighted by atomic mass is 32.2. The van der Waals surface area contributed by atoms with E-state index in [1.165, 1.54) is 5.57 Å². The fourth-order valence-electron chi connectivity index (χ4n) is 2.30. The molecule has 1 aromatic rings. The van der Waals surface area contributed by atoms with Gasteiger partial charge in [0.15, 0.2) is 11.5 Å². The summed E-state index contributed by atoms with van der Waals surface area (Å²) < 4.78 is 10.5. The Kier molecular flexibility index (Phi) is 7.29. The SMILES string of the molecule is COc1ccc(SCCC(=O)NCC2=CCNCC2)cc1OC. The molecule has 0 fully saturated rings. The minimum atomic E-state index is 0.0948. The van der Waals surface area contributed by atoms with E-state index in [1.54, 1.807) is 26.0 Å². The molecule has 0 aromatic heterocycles. The van der Waals surface area contributed by atoms with Crippen molar-refractivity contribution >= 4 is 17.7 Å². The molecule has 23 heavy (non-hydrogen) atoms. The first kappa shape index (κ1) is 17.7. The average Bonchev–Trinajstić information content (AvgIpc) is 2.60. The molecule has 5 nitrogen and oxygen atoms in total. The second kappa shape index (κ2) is 9.47. The van der Waals surface area contributed by atoms with Gasteiger partial charge in [0.1, 0.15) is 0 Å². The lowest BCUT2D eigenvalue weighted by Gasteiger charge is -2.14. The van der Waals surface area contributed by atoms with E-state index in [1.807, 2.05) is 18.2 Å². The van der Waals surface area contributed by atoms with Crippen LogP contribution in [-0.2, 0) is 4.79 Å². The number of hydrogen-bond donors (Lipinski definition) is 2. The third-order valence-electron chi connectivity index (χ3n) is 3.62. The molecule has 0 atom stereocenters. The topological polar surface area (TPSA) is 59.6 Å². The maximum absolute atomic E-state index is 11.9. The second-order valence-corrected chi connectivity index (χ2v) is 6.38. The lowest BCUT2D eigenvalue weighted by Crippen LogP contribution is -2.29. The van der Waals surface area contributed by atoms with E-state index < -0.39 is 0 Å². The van der Waals surface area contributed by atoms with E-state index in [0.29, 0.717) is 24.5 Å². The van der Waals surface area contributed by atoms with Crippen LogP contribution in [0.15, 0.2) is 34.7 Å². The van der Waals surface area contributed by atoms with Gasteiger partial charge in [-0.2, -0.15) is 0 Å². The summed E-state index contributed by atoms with van der Waals surface area (Å²) in [6, 6.07) is 5.79. The van der Waals surface area contributed by atoms with E-state index in [9.17, 15) is 4.79 Å². The third kappa shape index (κ3) is 5.80. The quantitative estimate of drug-likeness (QED) is 0.563. The molecular formula is C17H24N2O3S. The van der Waals surface area contributed by atoms with Crippen molar-refractivity contribution < 1.29 is 14.3 Å². The predicted molar refractivity (Wildman–Crippen MR) is 93.5 cm³/mol. The van der Waals surface area contributed by atoms with Gasteiger partial charge in [0, 0.05) is 30.2 Å². The van der Waals surface area contributed by atoms with Crippen LogP contribution in [-0.4, -0.2) is 45.5 Å². The fraction of sp³-hybridized carbons (Fsp3) is 0.471. The molecule has 1 amide bonds. The summed E-state index contributed by atoms with van der Waals surface area (Å²) in [7, 11) is 3.24. The van der Waals surface area contributed by atoms with Crippen molar-refractivity contribution in [2.24, 2.45) is 0 Å². The number of carbonyl (C=O) groups is 1. The van der Waals surface area contributed by atoms with Crippen LogP contribution in [0.3, 0.4) is 0 Å². The van der Waals surface area contributed by atoms with Gasteiger partial charge < -0.3 is 20.1 Å². The molecule has 2 N–H and O–H groups in total. The number of amides is 1. The van der Waals surface area contributed by atoms with Gasteiger partial charge in [-0.25, -0.2) is 0 Å². The van der Waals surface area contributed by atoms with Crippen molar-refractivity contribution in [3.8, 4) is 11.5 Å². The highest BCUT2D eigenvalue weighted by Crippen LogP contribution is 2.31. The first-order chi connectivity index (χ1) is 11.2. The molecule has 1 aromatic carbocycles. The first-order valence-corrected chi connectivity index (χ1v) is 8.71. The summed E-state index contributed by atoms with van der Waals surface area (Å²) in [5.41, 5.74) is 1.31. The number of carbonyl (C=O) groups excluding carboxylic acids is 1. The van der Waals surface area contributed by atoms with Crippen LogP contribution < -0.4 is 20.1 Å². The molecule has 0 aliphatic carbocycles. The van der Waals surface area contributed by atoms with Crippen molar-refractivity contribution in [1.29, 1.82) is 0 Å². The van der Waals surface area contributed by atoms with Gasteiger partial charge in [-0.05, 0) is 31.2 Å². The monoisotopic (exact) mass is 336 g/mol. The van der Waals surface area contributed by atoms with Crippen molar-refractivity contribution in [3.63, 3.8) is 0 Å². The van der Waals surface area contributed by atoms with Crippen LogP contribution in [0.2, 0.25) is 0 Å². The van der Waals surface area contributed by atoms with Gasteiger partial charge in [-0.15, -0.1) is 11.8 Å². The standard InChI is InChI=1S/C17H24N2O3S/c1-21-15-4-3-14(11-16(15)22-2)23-10-7-17(20)19-12-13-5-8-18-9-6-13/h3-5,11,18H,6-10,12H2,1-2H3,(H,19,20). The lowest BCUT2D eigenvalue weighted by atomic mass is 10.1. The van der Waals surface area contributed by atoms with E-state index >= 15 is 0 Å². The summed E-state index contributed by atoms with van der Waals surface area (Å²) in [5.74, 6) is 2.25. The molecule has 0 spiro atoms. The molecule has 0 bridgehead atoms. The Balaban J connectivity index is 1.71. The van der Waals surface area contributed by atoms with Crippen molar-refractivity contribution in [3.05, 3.63) is 29.8 Å². The van der Waals surface area contributed by atoms with Gasteiger partial charge in [0.25, 0.3) is 0 Å². The maximum Gasteiger partial charge on any atom is 0.221 e. The summed E-state index contributed by atoms with van der Waals surface area (Å²) in [6.07, 6.45) is 3.67. The van der Waals surface area contributed by atoms with E-state index in [0.717, 1.165) is 30.2 Å². The lowest BCUT2D eigenvalue weighted by molar-refractivity contribution is -0.120. The second-order valence-electron chi connectivity index (χ2n) is 5.21. The van der Waals surface area contributed by atoms with Crippen LogP contribution >= 0.6 is 11.8 Å². The molecule has 1 aliphatic heterocycles. The molecule has 1 heterocycles. The molecule has 126 valence electrons. The Bertz CT molecular complexity index is 561. The van der Waals surface area contributed by atoms with Gasteiger partial charge in [-0.1, -0.05) is 11.6 Å². The van der Waals surface area contributed by atoms with Crippen LogP contribution in [0.25, 0.3) is 0 Å². The zero-order valence-corrected chi connectivity index (χ0v) is 14.5. The Morgan fingerprint density at radius 2 is 2.13 bits per heavy atom. The Morgan fingerprint density at radius 3 is 2.83 bits per heavy atom. The van der Waals surface area contributed by atoms with Gasteiger partial charge in [-0.3, -0.25) is 4.79 Å². The Labute approximate surface area is 141 Å². The van der Waals surface area contributed by atoms with E-state index in [4.69, 9.17) is 9.47 Å². The third-order valence-corrected chi connectivity index (χ3v) is 4.62. The number of nitrogens with one attached hydrogen (secondary N) is 2. The summed E-state index contributed by atoms with van der Waals surface area (Å²) in [5, 5.41) is 6.25. The van der Waals surface area contributed by atoms with Gasteiger partial charge in [0.2, 0.25) is 5.91 Å². The highest BCUT2D eigenvalue weighted by Gasteiger charge is 2.08. The highest BCUT2D eigenvalue weighted by molar-refractivity contribution is 7.99. The van der Waals surface area contributed by atoms with Crippen LogP contribution in [0.1, 0.15) is 12.8 Å². The summed E-state index contributed by atoms with van der Waals surface area (Å²) >= 11 is 1.64. The Hall–Kier alpha value is -1.66. The molecule has 0 saturated carbocycles. The van der Waals surface area contributed by atoms with Crippen LogP contribution in [0.5, 0.6) is 11.5 Å². The van der Waals surface area contributed by atoms with E-state index in [-0.39, 0.29) is 5.91 Å². The number of methoxy groups -OCH3 is 2. The number of rotatable bonds is 8. The van der Waals surface area contributed by atoms with Crippen LogP contribution in [0, 0.1) is 0 Å². The van der Waals surface area contributed by atoms with Crippen molar-refractivity contribution in [1.82, 2.24) is 10.6 Å². The molecule has 0 saturated heterocycles. The smallest absolute Gasteiger partial charge is 0.221 e. The molecule has 1 aliphatic rings. The predicted octanol–water partition coefficient (Wildman–Crippen LogP) is 2.22. The number of thioether (sulfide) groups is 1. The van der Waals surface area contributed by atoms with E-state index in [2.05, 4.69) is 16.7 Å². The molecule has 2 rings (SSSR count). The molecule has 0 unspecified atom stereocenters. The number of ether oxygens (including phenoxy) is 2. The van der Waals surface area contributed by atoms with Crippen molar-refractivity contribution in [2.45, 2.75) is 17.7 Å². The zero-order chi connectivity index (χ0) is 16.5. The Morgan fingerprint density at radius 1 is 1.30 bits per heavy atom. The summed E-state index contributed by atoms with van der Waals surface area (Å²) in [4.78, 5) is 13.0. The number of benzene rings is 1. The van der Waals surface area contributed by atoms with Crippen molar-refractivity contribution in [2.75, 3.05) is 39.6 Å².